The average Bonchev–Trinajstić information content (AvgIpc) is 2.86. The van der Waals surface area contributed by atoms with Gasteiger partial charge in [0.2, 0.25) is 0 Å². The van der Waals surface area contributed by atoms with Gasteiger partial charge in [0.05, 0.1) is 5.88 Å². The molecule has 1 heterocycles. The van der Waals surface area contributed by atoms with Gasteiger partial charge in [0.1, 0.15) is 0 Å². The maximum absolute atomic E-state index is 3.60. The summed E-state index contributed by atoms with van der Waals surface area (Å²) in [6.45, 7) is 0. The minimum Gasteiger partial charge on any atom is -0.330 e. The van der Waals surface area contributed by atoms with Crippen LogP contribution in [0.3, 0.4) is 0 Å². The van der Waals surface area contributed by atoms with Gasteiger partial charge in [-0.2, -0.15) is 0 Å². The predicted molar refractivity (Wildman–Crippen MR) is 107 cm³/mol. The molecule has 4 heteroatoms. The zero-order valence-electron chi connectivity index (χ0n) is 12.2. The molecule has 0 unspecified atom stereocenters. The van der Waals surface area contributed by atoms with Crippen LogP contribution in [0.4, 0.5) is 0 Å². The second kappa shape index (κ2) is 6.34. The SMILES string of the molecule is Brc1ccc2c(c1)c1cc(Br)ccc1n2CSc1ccccc1. The van der Waals surface area contributed by atoms with Gasteiger partial charge in [0.15, 0.2) is 0 Å². The van der Waals surface area contributed by atoms with Crippen molar-refractivity contribution < 1.29 is 0 Å². The summed E-state index contributed by atoms with van der Waals surface area (Å²) in [5, 5.41) is 2.56. The van der Waals surface area contributed by atoms with Crippen LogP contribution in [0, 0.1) is 0 Å². The van der Waals surface area contributed by atoms with Crippen molar-refractivity contribution in [2.24, 2.45) is 0 Å². The van der Waals surface area contributed by atoms with E-state index in [1.54, 1.807) is 0 Å². The van der Waals surface area contributed by atoms with E-state index in [2.05, 4.69) is 103 Å². The first-order valence-electron chi connectivity index (χ1n) is 7.27. The van der Waals surface area contributed by atoms with Crippen molar-refractivity contribution >= 4 is 65.4 Å². The second-order valence-corrected chi connectivity index (χ2v) is 8.19. The van der Waals surface area contributed by atoms with Crippen LogP contribution in [0.15, 0.2) is 80.6 Å². The fourth-order valence-electron chi connectivity index (χ4n) is 2.84. The van der Waals surface area contributed by atoms with Gasteiger partial charge in [0.25, 0.3) is 0 Å². The van der Waals surface area contributed by atoms with Gasteiger partial charge in [-0.05, 0) is 48.5 Å². The van der Waals surface area contributed by atoms with Crippen LogP contribution in [0.2, 0.25) is 0 Å². The van der Waals surface area contributed by atoms with Gasteiger partial charge < -0.3 is 4.57 Å². The van der Waals surface area contributed by atoms with Gasteiger partial charge in [-0.25, -0.2) is 0 Å². The molecule has 1 nitrogen and oxygen atoms in total. The molecule has 4 aromatic rings. The predicted octanol–water partition coefficient (Wildman–Crippen LogP) is 7.07. The Morgan fingerprint density at radius 2 is 1.30 bits per heavy atom. The maximum atomic E-state index is 3.60. The molecule has 4 rings (SSSR count). The number of hydrogen-bond acceptors (Lipinski definition) is 1. The molecular weight excluding hydrogens is 434 g/mol. The number of fused-ring (bicyclic) bond motifs is 3. The first-order chi connectivity index (χ1) is 11.2. The Labute approximate surface area is 155 Å². The molecule has 0 atom stereocenters. The molecule has 114 valence electrons. The van der Waals surface area contributed by atoms with Crippen LogP contribution >= 0.6 is 43.6 Å². The standard InChI is InChI=1S/C19H13Br2NS/c20-13-6-8-18-16(10-13)17-11-14(21)7-9-19(17)22(18)12-23-15-4-2-1-3-5-15/h1-11H,12H2. The lowest BCUT2D eigenvalue weighted by Crippen LogP contribution is -1.93. The van der Waals surface area contributed by atoms with Crippen LogP contribution in [0.5, 0.6) is 0 Å². The quantitative estimate of drug-likeness (QED) is 0.304. The van der Waals surface area contributed by atoms with Crippen molar-refractivity contribution in [1.29, 1.82) is 0 Å². The van der Waals surface area contributed by atoms with E-state index in [0.29, 0.717) is 0 Å². The molecule has 0 aliphatic carbocycles. The number of aromatic nitrogens is 1. The Morgan fingerprint density at radius 1 is 0.739 bits per heavy atom. The highest BCUT2D eigenvalue weighted by Gasteiger charge is 2.11. The van der Waals surface area contributed by atoms with Crippen LogP contribution in [-0.2, 0) is 5.88 Å². The molecule has 0 aliphatic rings. The third-order valence-electron chi connectivity index (χ3n) is 3.89. The van der Waals surface area contributed by atoms with Gasteiger partial charge in [0, 0.05) is 35.6 Å². The Kier molecular flexibility index (Phi) is 4.22. The average molecular weight is 447 g/mol. The number of nitrogens with zero attached hydrogens (tertiary/aromatic N) is 1. The number of halogens is 2. The summed E-state index contributed by atoms with van der Waals surface area (Å²) in [4.78, 5) is 1.29. The monoisotopic (exact) mass is 445 g/mol. The normalized spacial score (nSPS) is 11.4. The van der Waals surface area contributed by atoms with Crippen LogP contribution in [0.25, 0.3) is 21.8 Å². The number of thioether (sulfide) groups is 1. The summed E-state index contributed by atoms with van der Waals surface area (Å²) >= 11 is 9.05. The summed E-state index contributed by atoms with van der Waals surface area (Å²) < 4.78 is 4.61. The van der Waals surface area contributed by atoms with Crippen LogP contribution in [0.1, 0.15) is 0 Å². The molecule has 0 N–H and O–H groups in total. The summed E-state index contributed by atoms with van der Waals surface area (Å²) in [7, 11) is 0. The van der Waals surface area contributed by atoms with E-state index in [-0.39, 0.29) is 0 Å². The van der Waals surface area contributed by atoms with Gasteiger partial charge in [-0.15, -0.1) is 11.8 Å². The van der Waals surface area contributed by atoms with Crippen molar-refractivity contribution in [2.75, 3.05) is 0 Å². The summed E-state index contributed by atoms with van der Waals surface area (Å²) in [6, 6.07) is 23.6. The molecule has 0 saturated carbocycles. The molecule has 0 aliphatic heterocycles. The minimum absolute atomic E-state index is 0.896. The Balaban J connectivity index is 1.86. The minimum atomic E-state index is 0.896. The summed E-state index contributed by atoms with van der Waals surface area (Å²) in [6.07, 6.45) is 0. The Morgan fingerprint density at radius 3 is 1.87 bits per heavy atom. The first-order valence-corrected chi connectivity index (χ1v) is 9.84. The van der Waals surface area contributed by atoms with E-state index in [1.807, 2.05) is 11.8 Å². The zero-order chi connectivity index (χ0) is 15.8. The van der Waals surface area contributed by atoms with Gasteiger partial charge in [-0.3, -0.25) is 0 Å². The molecule has 0 amide bonds. The molecule has 0 spiro atoms. The Hall–Kier alpha value is -1.23. The van der Waals surface area contributed by atoms with E-state index in [9.17, 15) is 0 Å². The Bertz CT molecular complexity index is 933. The lowest BCUT2D eigenvalue weighted by Gasteiger charge is -2.07. The highest BCUT2D eigenvalue weighted by atomic mass is 79.9. The van der Waals surface area contributed by atoms with Crippen molar-refractivity contribution in [2.45, 2.75) is 10.8 Å². The van der Waals surface area contributed by atoms with E-state index in [1.165, 1.54) is 26.7 Å². The van der Waals surface area contributed by atoms with E-state index in [4.69, 9.17) is 0 Å². The second-order valence-electron chi connectivity index (χ2n) is 5.34. The van der Waals surface area contributed by atoms with Crippen molar-refractivity contribution in [3.63, 3.8) is 0 Å². The molecule has 0 radical (unpaired) electrons. The third kappa shape index (κ3) is 2.95. The van der Waals surface area contributed by atoms with Crippen molar-refractivity contribution in [3.05, 3.63) is 75.7 Å². The highest BCUT2D eigenvalue weighted by Crippen LogP contribution is 2.34. The fourth-order valence-corrected chi connectivity index (χ4v) is 4.47. The first kappa shape index (κ1) is 15.3. The molecule has 0 fully saturated rings. The fraction of sp³-hybridized carbons (Fsp3) is 0.0526. The molecule has 23 heavy (non-hydrogen) atoms. The van der Waals surface area contributed by atoms with Crippen LogP contribution in [-0.4, -0.2) is 4.57 Å². The number of benzene rings is 3. The van der Waals surface area contributed by atoms with Crippen molar-refractivity contribution in [1.82, 2.24) is 4.57 Å². The summed E-state index contributed by atoms with van der Waals surface area (Å²) in [5.41, 5.74) is 2.54. The lowest BCUT2D eigenvalue weighted by atomic mass is 10.2. The molecule has 1 aromatic heterocycles. The van der Waals surface area contributed by atoms with Crippen LogP contribution < -0.4 is 0 Å². The molecule has 3 aromatic carbocycles. The maximum Gasteiger partial charge on any atom is 0.0735 e. The van der Waals surface area contributed by atoms with E-state index in [0.717, 1.165) is 14.8 Å². The van der Waals surface area contributed by atoms with Gasteiger partial charge in [-0.1, -0.05) is 50.1 Å². The number of rotatable bonds is 3. The molecule has 0 bridgehead atoms. The van der Waals surface area contributed by atoms with Crippen molar-refractivity contribution in [3.8, 4) is 0 Å². The van der Waals surface area contributed by atoms with E-state index < -0.39 is 0 Å². The smallest absolute Gasteiger partial charge is 0.0735 e. The number of hydrogen-bond donors (Lipinski definition) is 0. The molecular formula is C19H13Br2NS. The lowest BCUT2D eigenvalue weighted by molar-refractivity contribution is 0.983. The molecule has 0 saturated heterocycles. The van der Waals surface area contributed by atoms with Gasteiger partial charge >= 0.3 is 0 Å². The summed E-state index contributed by atoms with van der Waals surface area (Å²) in [5.74, 6) is 0.896. The highest BCUT2D eigenvalue weighted by molar-refractivity contribution is 9.10. The van der Waals surface area contributed by atoms with E-state index >= 15 is 0 Å². The third-order valence-corrected chi connectivity index (χ3v) is 5.87. The topological polar surface area (TPSA) is 4.93 Å². The zero-order valence-corrected chi connectivity index (χ0v) is 16.2. The largest absolute Gasteiger partial charge is 0.330 e.